The summed E-state index contributed by atoms with van der Waals surface area (Å²) in [5.41, 5.74) is 0. The van der Waals surface area contributed by atoms with Crippen LogP contribution in [0, 0.1) is 0 Å². The molecule has 1 N–H and O–H groups in total. The fraction of sp³-hybridized carbons (Fsp3) is 0.935. The molecule has 2 nitrogen and oxygen atoms in total. The lowest BCUT2D eigenvalue weighted by atomic mass is 9.92. The molecule has 2 atom stereocenters. The summed E-state index contributed by atoms with van der Waals surface area (Å²) in [6.07, 6.45) is 57.6. The van der Waals surface area contributed by atoms with Gasteiger partial charge in [-0.3, -0.25) is 0 Å². The van der Waals surface area contributed by atoms with Gasteiger partial charge in [-0.2, -0.15) is 0 Å². The van der Waals surface area contributed by atoms with Gasteiger partial charge in [0.1, 0.15) is 12.4 Å². The van der Waals surface area contributed by atoms with Gasteiger partial charge in [0.25, 0.3) is 5.82 Å². The quantitative estimate of drug-likeness (QED) is 0.0531. The Morgan fingerprint density at radius 2 is 0.667 bits per heavy atom. The Morgan fingerprint density at radius 1 is 0.396 bits per heavy atom. The highest BCUT2D eigenvalue weighted by Crippen LogP contribution is 2.27. The molecule has 0 aliphatic heterocycles. The predicted octanol–water partition coefficient (Wildman–Crippen LogP) is 16.4. The minimum atomic E-state index is 0.618. The second-order valence-corrected chi connectivity index (χ2v) is 16.1. The van der Waals surface area contributed by atoms with Crippen molar-refractivity contribution in [3.8, 4) is 0 Å². The summed E-state index contributed by atoms with van der Waals surface area (Å²) in [5, 5.41) is 0. The first kappa shape index (κ1) is 45.2. The van der Waals surface area contributed by atoms with E-state index in [0.29, 0.717) is 12.0 Å². The van der Waals surface area contributed by atoms with Gasteiger partial charge in [0.2, 0.25) is 0 Å². The van der Waals surface area contributed by atoms with E-state index in [-0.39, 0.29) is 0 Å². The molecule has 1 rings (SSSR count). The fourth-order valence-corrected chi connectivity index (χ4v) is 8.02. The Bertz CT molecular complexity index is 738. The van der Waals surface area contributed by atoms with Gasteiger partial charge in [0, 0.05) is 0 Å². The van der Waals surface area contributed by atoms with E-state index in [1.807, 2.05) is 0 Å². The molecule has 284 valence electrons. The molecule has 0 spiro atoms. The Balaban J connectivity index is 2.39. The van der Waals surface area contributed by atoms with Crippen LogP contribution >= 0.6 is 0 Å². The lowest BCUT2D eigenvalue weighted by Crippen LogP contribution is -2.41. The number of aromatic nitrogens is 2. The number of hydrogen-bond acceptors (Lipinski definition) is 0. The van der Waals surface area contributed by atoms with E-state index < -0.39 is 0 Å². The Hall–Kier alpha value is -0.790. The van der Waals surface area contributed by atoms with Crippen LogP contribution in [-0.4, -0.2) is 4.98 Å². The third kappa shape index (κ3) is 27.0. The lowest BCUT2D eigenvalue weighted by molar-refractivity contribution is -0.727. The van der Waals surface area contributed by atoms with Crippen LogP contribution < -0.4 is 4.57 Å². The van der Waals surface area contributed by atoms with Crippen molar-refractivity contribution in [2.24, 2.45) is 0 Å². The topological polar surface area (TPSA) is 19.7 Å². The number of nitrogens with zero attached hydrogens (tertiary/aromatic N) is 1. The Kier molecular flexibility index (Phi) is 33.9. The number of imidazole rings is 1. The van der Waals surface area contributed by atoms with Crippen LogP contribution in [0.5, 0.6) is 0 Å². The van der Waals surface area contributed by atoms with Crippen LogP contribution in [0.2, 0.25) is 0 Å². The maximum absolute atomic E-state index is 3.77. The van der Waals surface area contributed by atoms with Gasteiger partial charge < -0.3 is 0 Å². The van der Waals surface area contributed by atoms with Gasteiger partial charge in [-0.25, -0.2) is 9.55 Å². The molecule has 0 radical (unpaired) electrons. The third-order valence-corrected chi connectivity index (χ3v) is 11.4. The molecule has 48 heavy (non-hydrogen) atoms. The maximum atomic E-state index is 3.77. The Labute approximate surface area is 304 Å². The molecule has 0 bridgehead atoms. The number of rotatable bonds is 39. The average molecular weight is 672 g/mol. The number of unbranched alkanes of at least 4 members (excludes halogenated alkanes) is 31. The molecular weight excluding hydrogens is 581 g/mol. The van der Waals surface area contributed by atoms with E-state index in [0.717, 1.165) is 0 Å². The minimum absolute atomic E-state index is 0.618. The van der Waals surface area contributed by atoms with E-state index in [4.69, 9.17) is 0 Å². The number of aromatic amines is 1. The van der Waals surface area contributed by atoms with Crippen molar-refractivity contribution in [3.63, 3.8) is 0 Å². The summed E-state index contributed by atoms with van der Waals surface area (Å²) in [6.45, 7) is 9.43. The zero-order chi connectivity index (χ0) is 34.6. The van der Waals surface area contributed by atoms with E-state index in [1.165, 1.54) is 238 Å². The minimum Gasteiger partial charge on any atom is -0.247 e. The van der Waals surface area contributed by atoms with Crippen LogP contribution in [-0.2, 0) is 0 Å². The van der Waals surface area contributed by atoms with Crippen molar-refractivity contribution in [2.45, 2.75) is 277 Å². The smallest absolute Gasteiger partial charge is 0.247 e. The molecule has 0 aliphatic rings. The highest BCUT2D eigenvalue weighted by Gasteiger charge is 2.25. The van der Waals surface area contributed by atoms with Gasteiger partial charge in [-0.15, -0.1) is 0 Å². The molecule has 1 heterocycles. The summed E-state index contributed by atoms with van der Waals surface area (Å²) in [7, 11) is 0. The highest BCUT2D eigenvalue weighted by atomic mass is 15.1. The molecule has 0 amide bonds. The van der Waals surface area contributed by atoms with Gasteiger partial charge >= 0.3 is 0 Å². The average Bonchev–Trinajstić information content (AvgIpc) is 3.59. The van der Waals surface area contributed by atoms with Crippen molar-refractivity contribution in [1.82, 2.24) is 4.98 Å². The van der Waals surface area contributed by atoms with E-state index in [9.17, 15) is 0 Å². The zero-order valence-corrected chi connectivity index (χ0v) is 33.9. The molecule has 1 aromatic rings. The van der Waals surface area contributed by atoms with Gasteiger partial charge in [-0.05, 0) is 32.6 Å². The molecule has 2 heteroatoms. The van der Waals surface area contributed by atoms with Crippen molar-refractivity contribution in [1.29, 1.82) is 0 Å². The normalized spacial score (nSPS) is 13.0. The fourth-order valence-electron chi connectivity index (χ4n) is 8.02. The van der Waals surface area contributed by atoms with Crippen molar-refractivity contribution < 1.29 is 4.57 Å². The van der Waals surface area contributed by atoms with Gasteiger partial charge in [-0.1, -0.05) is 233 Å². The standard InChI is InChI=1S/C46H90N2/c1-5-8-11-14-17-20-22-23-24-26-29-32-35-38-41-45(40-37-34-31-28-25-21-18-15-12-9-6-2)46-47-42-43-48(46)44(4)39-36-33-30-27-19-16-13-10-7-3/h42-45H,5-41H2,1-4H3/p+1. The third-order valence-electron chi connectivity index (χ3n) is 11.4. The number of nitrogens with one attached hydrogen (secondary N) is 1. The molecule has 0 aromatic carbocycles. The molecule has 0 aliphatic carbocycles. The first-order chi connectivity index (χ1) is 23.7. The van der Waals surface area contributed by atoms with Crippen molar-refractivity contribution >= 4 is 0 Å². The summed E-state index contributed by atoms with van der Waals surface area (Å²) < 4.78 is 2.65. The second kappa shape index (κ2) is 36.0. The van der Waals surface area contributed by atoms with E-state index in [2.05, 4.69) is 49.6 Å². The molecule has 1 aromatic heterocycles. The Morgan fingerprint density at radius 3 is 0.979 bits per heavy atom. The highest BCUT2D eigenvalue weighted by molar-refractivity contribution is 4.90. The van der Waals surface area contributed by atoms with Gasteiger partial charge in [0.15, 0.2) is 0 Å². The van der Waals surface area contributed by atoms with Crippen LogP contribution in [0.25, 0.3) is 0 Å². The molecular formula is C46H91N2+. The van der Waals surface area contributed by atoms with Crippen molar-refractivity contribution in [2.75, 3.05) is 0 Å². The molecule has 0 saturated heterocycles. The second-order valence-electron chi connectivity index (χ2n) is 16.1. The summed E-state index contributed by atoms with van der Waals surface area (Å²) in [5.74, 6) is 2.25. The SMILES string of the molecule is CCCCCCCCCCCCCCCCC(CCCCCCCCCCCCC)c1[nH]cc[n+]1C(C)CCCCCCCCCCC. The number of hydrogen-bond donors (Lipinski definition) is 1. The van der Waals surface area contributed by atoms with E-state index in [1.54, 1.807) is 5.82 Å². The van der Waals surface area contributed by atoms with Crippen LogP contribution in [0.15, 0.2) is 12.4 Å². The molecule has 0 saturated carbocycles. The van der Waals surface area contributed by atoms with Crippen LogP contribution in [0.4, 0.5) is 0 Å². The largest absolute Gasteiger partial charge is 0.257 e. The van der Waals surface area contributed by atoms with Crippen LogP contribution in [0.1, 0.15) is 283 Å². The van der Waals surface area contributed by atoms with Crippen molar-refractivity contribution in [3.05, 3.63) is 18.2 Å². The predicted molar refractivity (Wildman–Crippen MR) is 216 cm³/mol. The first-order valence-electron chi connectivity index (χ1n) is 22.8. The lowest BCUT2D eigenvalue weighted by Gasteiger charge is -2.17. The van der Waals surface area contributed by atoms with Gasteiger partial charge in [0.05, 0.1) is 12.0 Å². The molecule has 0 fully saturated rings. The zero-order valence-electron chi connectivity index (χ0n) is 33.9. The monoisotopic (exact) mass is 672 g/mol. The summed E-state index contributed by atoms with van der Waals surface area (Å²) in [6, 6.07) is 0.618. The van der Waals surface area contributed by atoms with Crippen LogP contribution in [0.3, 0.4) is 0 Å². The number of H-pyrrole nitrogens is 1. The maximum Gasteiger partial charge on any atom is 0.257 e. The van der Waals surface area contributed by atoms with E-state index >= 15 is 0 Å². The summed E-state index contributed by atoms with van der Waals surface area (Å²) in [4.78, 5) is 3.77. The summed E-state index contributed by atoms with van der Waals surface area (Å²) >= 11 is 0. The molecule has 2 unspecified atom stereocenters. The first-order valence-corrected chi connectivity index (χ1v) is 22.8.